The van der Waals surface area contributed by atoms with Gasteiger partial charge in [0.25, 0.3) is 0 Å². The van der Waals surface area contributed by atoms with Gasteiger partial charge in [-0.2, -0.15) is 0 Å². The molecule has 0 saturated heterocycles. The molecule has 0 amide bonds. The van der Waals surface area contributed by atoms with Gasteiger partial charge in [-0.3, -0.25) is 0 Å². The van der Waals surface area contributed by atoms with Crippen molar-refractivity contribution in [2.24, 2.45) is 4.99 Å². The number of benzene rings is 1. The van der Waals surface area contributed by atoms with E-state index in [0.717, 1.165) is 15.2 Å². The predicted octanol–water partition coefficient (Wildman–Crippen LogP) is 5.01. The number of aliphatic imine (C=N–C) groups is 1. The molecule has 6 nitrogen and oxygen atoms in total. The quantitative estimate of drug-likeness (QED) is 0.526. The lowest BCUT2D eigenvalue weighted by molar-refractivity contribution is -0.139. The third kappa shape index (κ3) is 3.93. The van der Waals surface area contributed by atoms with E-state index in [4.69, 9.17) is 14.2 Å². The fourth-order valence-corrected chi connectivity index (χ4v) is 4.50. The fourth-order valence-electron chi connectivity index (χ4n) is 3.17. The van der Waals surface area contributed by atoms with Crippen molar-refractivity contribution < 1.29 is 19.0 Å². The normalized spacial score (nSPS) is 18.1. The van der Waals surface area contributed by atoms with Gasteiger partial charge in [-0.15, -0.1) is 0 Å². The lowest BCUT2D eigenvalue weighted by Crippen LogP contribution is -2.34. The van der Waals surface area contributed by atoms with E-state index in [9.17, 15) is 4.79 Å². The summed E-state index contributed by atoms with van der Waals surface area (Å²) in [6, 6.07) is 3.44. The third-order valence-electron chi connectivity index (χ3n) is 4.27. The number of allylic oxidation sites excluding steroid dienone is 1. The molecule has 0 radical (unpaired) electrons. The number of hydrogen-bond donors (Lipinski definition) is 0. The maximum absolute atomic E-state index is 12.8. The van der Waals surface area contributed by atoms with E-state index in [2.05, 4.69) is 20.9 Å². The standard InChI is InChI=1S/C20H23BrN2O4S/c1-5-25-15-10-13(14(21)11-16(15)26-6-2)18-17(19(24)27-7-3)12(4)22-20-23(18)8-9-28-20/h8-11,18H,5-7H2,1-4H3/t18-/m1/s1. The first-order chi connectivity index (χ1) is 13.5. The van der Waals surface area contributed by atoms with Crippen molar-refractivity contribution >= 4 is 38.8 Å². The highest BCUT2D eigenvalue weighted by Gasteiger charge is 2.38. The van der Waals surface area contributed by atoms with E-state index in [0.29, 0.717) is 42.6 Å². The first kappa shape index (κ1) is 20.8. The summed E-state index contributed by atoms with van der Waals surface area (Å²) in [5.41, 5.74) is 2.06. The number of esters is 1. The number of ether oxygens (including phenoxy) is 3. The molecule has 0 fully saturated rings. The molecule has 150 valence electrons. The molecule has 2 heterocycles. The van der Waals surface area contributed by atoms with E-state index in [1.807, 2.05) is 49.4 Å². The van der Waals surface area contributed by atoms with E-state index >= 15 is 0 Å². The van der Waals surface area contributed by atoms with Crippen molar-refractivity contribution in [1.82, 2.24) is 4.90 Å². The van der Waals surface area contributed by atoms with Crippen molar-refractivity contribution in [3.8, 4) is 11.5 Å². The second kappa shape index (κ2) is 9.05. The molecule has 1 aromatic carbocycles. The Balaban J connectivity index is 2.15. The topological polar surface area (TPSA) is 60.4 Å². The predicted molar refractivity (Wildman–Crippen MR) is 115 cm³/mol. The number of halogens is 1. The van der Waals surface area contributed by atoms with Gasteiger partial charge < -0.3 is 19.1 Å². The molecule has 3 rings (SSSR count). The van der Waals surface area contributed by atoms with Crippen LogP contribution in [0.5, 0.6) is 11.5 Å². The lowest BCUT2D eigenvalue weighted by Gasteiger charge is -2.34. The molecular formula is C20H23BrN2O4S. The molecule has 0 spiro atoms. The summed E-state index contributed by atoms with van der Waals surface area (Å²) in [4.78, 5) is 19.4. The first-order valence-corrected chi connectivity index (χ1v) is 10.9. The van der Waals surface area contributed by atoms with Crippen LogP contribution in [0.1, 0.15) is 39.3 Å². The number of carbonyl (C=O) groups is 1. The Kier molecular flexibility index (Phi) is 6.72. The fraction of sp³-hybridized carbons (Fsp3) is 0.400. The Morgan fingerprint density at radius 3 is 2.50 bits per heavy atom. The zero-order valence-electron chi connectivity index (χ0n) is 16.3. The number of carbonyl (C=O) groups excluding carboxylic acids is 1. The number of amidine groups is 1. The van der Waals surface area contributed by atoms with Crippen LogP contribution in [0.4, 0.5) is 0 Å². The molecule has 0 aliphatic carbocycles. The Hall–Kier alpha value is -1.93. The Bertz CT molecular complexity index is 866. The van der Waals surface area contributed by atoms with Crippen molar-refractivity contribution in [2.75, 3.05) is 19.8 Å². The van der Waals surface area contributed by atoms with Gasteiger partial charge >= 0.3 is 5.97 Å². The lowest BCUT2D eigenvalue weighted by atomic mass is 9.94. The average molecular weight is 467 g/mol. The SMILES string of the molecule is CCOC(=O)C1=C(C)N=C2SC=CN2[C@@H]1c1cc(OCC)c(OCC)cc1Br. The second-order valence-electron chi connectivity index (χ2n) is 6.01. The summed E-state index contributed by atoms with van der Waals surface area (Å²) in [5.74, 6) is 0.939. The second-order valence-corrected chi connectivity index (χ2v) is 7.74. The minimum Gasteiger partial charge on any atom is -0.490 e. The maximum Gasteiger partial charge on any atom is 0.338 e. The largest absolute Gasteiger partial charge is 0.490 e. The average Bonchev–Trinajstić information content (AvgIpc) is 3.11. The van der Waals surface area contributed by atoms with Gasteiger partial charge in [0.15, 0.2) is 16.7 Å². The molecule has 1 atom stereocenters. The van der Waals surface area contributed by atoms with Crippen LogP contribution in [0.25, 0.3) is 0 Å². The highest BCUT2D eigenvalue weighted by atomic mass is 79.9. The number of rotatable bonds is 7. The molecule has 0 bridgehead atoms. The Morgan fingerprint density at radius 1 is 1.18 bits per heavy atom. The van der Waals surface area contributed by atoms with Crippen LogP contribution in [0.3, 0.4) is 0 Å². The van der Waals surface area contributed by atoms with Crippen molar-refractivity contribution in [3.63, 3.8) is 0 Å². The molecule has 0 saturated carbocycles. The number of fused-ring (bicyclic) bond motifs is 1. The molecule has 8 heteroatoms. The van der Waals surface area contributed by atoms with Gasteiger partial charge in [0, 0.05) is 10.7 Å². The van der Waals surface area contributed by atoms with Crippen LogP contribution in [0, 0.1) is 0 Å². The van der Waals surface area contributed by atoms with Crippen molar-refractivity contribution in [1.29, 1.82) is 0 Å². The Labute approximate surface area is 177 Å². The van der Waals surface area contributed by atoms with E-state index in [1.165, 1.54) is 11.8 Å². The van der Waals surface area contributed by atoms with Gasteiger partial charge in [0.1, 0.15) is 0 Å². The van der Waals surface area contributed by atoms with Crippen LogP contribution >= 0.6 is 27.7 Å². The molecule has 2 aliphatic rings. The highest BCUT2D eigenvalue weighted by Crippen LogP contribution is 2.46. The van der Waals surface area contributed by atoms with Crippen LogP contribution in [0.2, 0.25) is 0 Å². The third-order valence-corrected chi connectivity index (χ3v) is 5.73. The molecule has 0 N–H and O–H groups in total. The molecule has 0 aromatic heterocycles. The van der Waals surface area contributed by atoms with Gasteiger partial charge in [-0.05, 0) is 50.8 Å². The van der Waals surface area contributed by atoms with Gasteiger partial charge in [-0.1, -0.05) is 27.7 Å². The van der Waals surface area contributed by atoms with Gasteiger partial charge in [-0.25, -0.2) is 9.79 Å². The summed E-state index contributed by atoms with van der Waals surface area (Å²) in [7, 11) is 0. The smallest absolute Gasteiger partial charge is 0.338 e. The molecular weight excluding hydrogens is 444 g/mol. The van der Waals surface area contributed by atoms with Gasteiger partial charge in [0.2, 0.25) is 0 Å². The summed E-state index contributed by atoms with van der Waals surface area (Å²) in [6.07, 6.45) is 1.93. The van der Waals surface area contributed by atoms with Gasteiger partial charge in [0.05, 0.1) is 37.1 Å². The van der Waals surface area contributed by atoms with E-state index < -0.39 is 0 Å². The first-order valence-electron chi connectivity index (χ1n) is 9.19. The molecule has 28 heavy (non-hydrogen) atoms. The monoisotopic (exact) mass is 466 g/mol. The molecule has 1 aromatic rings. The van der Waals surface area contributed by atoms with Crippen LogP contribution < -0.4 is 9.47 Å². The molecule has 0 unspecified atom stereocenters. The van der Waals surface area contributed by atoms with Crippen LogP contribution in [-0.2, 0) is 9.53 Å². The summed E-state index contributed by atoms with van der Waals surface area (Å²) in [6.45, 7) is 8.84. The van der Waals surface area contributed by atoms with Crippen molar-refractivity contribution in [3.05, 3.63) is 45.0 Å². The maximum atomic E-state index is 12.8. The number of thioether (sulfide) groups is 1. The number of nitrogens with zero attached hydrogens (tertiary/aromatic N) is 2. The van der Waals surface area contributed by atoms with E-state index in [1.54, 1.807) is 6.92 Å². The van der Waals surface area contributed by atoms with Crippen molar-refractivity contribution in [2.45, 2.75) is 33.7 Å². The minimum atomic E-state index is -0.373. The van der Waals surface area contributed by atoms with Crippen LogP contribution in [0.15, 0.2) is 44.5 Å². The van der Waals surface area contributed by atoms with E-state index in [-0.39, 0.29) is 12.0 Å². The zero-order valence-corrected chi connectivity index (χ0v) is 18.7. The Morgan fingerprint density at radius 2 is 1.86 bits per heavy atom. The highest BCUT2D eigenvalue weighted by molar-refractivity contribution is 9.10. The number of hydrogen-bond acceptors (Lipinski definition) is 7. The zero-order chi connectivity index (χ0) is 20.3. The summed E-state index contributed by atoms with van der Waals surface area (Å²) in [5, 5.41) is 2.79. The summed E-state index contributed by atoms with van der Waals surface area (Å²) >= 11 is 5.19. The summed E-state index contributed by atoms with van der Waals surface area (Å²) < 4.78 is 17.7. The van der Waals surface area contributed by atoms with Crippen LogP contribution in [-0.4, -0.2) is 35.9 Å². The molecule has 2 aliphatic heterocycles. The minimum absolute atomic E-state index is 0.304.